The fraction of sp³-hybridized carbons (Fsp3) is 0.263. The van der Waals surface area contributed by atoms with Crippen molar-refractivity contribution in [1.29, 1.82) is 0 Å². The first kappa shape index (κ1) is 20.4. The molecule has 0 saturated carbocycles. The Morgan fingerprint density at radius 3 is 2.48 bits per heavy atom. The molecule has 2 N–H and O–H groups in total. The topological polar surface area (TPSA) is 67.4 Å². The quantitative estimate of drug-likeness (QED) is 0.703. The number of alkyl halides is 3. The molecule has 0 aliphatic rings. The minimum Gasteiger partial charge on any atom is -0.381 e. The van der Waals surface area contributed by atoms with Gasteiger partial charge in [-0.05, 0) is 37.3 Å². The number of carbonyl (C=O) groups is 2. The van der Waals surface area contributed by atoms with Gasteiger partial charge in [-0.1, -0.05) is 18.2 Å². The Hall–Kier alpha value is -2.87. The van der Waals surface area contributed by atoms with Crippen LogP contribution in [0, 0.1) is 0 Å². The molecule has 144 valence electrons. The Bertz CT molecular complexity index is 807. The molecule has 0 atom stereocenters. The number of benzene rings is 2. The summed E-state index contributed by atoms with van der Waals surface area (Å²) in [7, 11) is 0. The zero-order valence-electron chi connectivity index (χ0n) is 14.6. The number of halogens is 3. The van der Waals surface area contributed by atoms with Gasteiger partial charge >= 0.3 is 6.18 Å². The molecular formula is C19H19F3N2O3. The van der Waals surface area contributed by atoms with E-state index in [-0.39, 0.29) is 35.9 Å². The van der Waals surface area contributed by atoms with Crippen molar-refractivity contribution >= 4 is 23.2 Å². The Morgan fingerprint density at radius 1 is 1.04 bits per heavy atom. The first-order chi connectivity index (χ1) is 12.8. The van der Waals surface area contributed by atoms with Crippen LogP contribution in [0.5, 0.6) is 0 Å². The van der Waals surface area contributed by atoms with Crippen molar-refractivity contribution in [3.63, 3.8) is 0 Å². The maximum Gasteiger partial charge on any atom is 0.416 e. The highest BCUT2D eigenvalue weighted by atomic mass is 19.4. The highest BCUT2D eigenvalue weighted by Gasteiger charge is 2.30. The third kappa shape index (κ3) is 6.10. The second-order valence-corrected chi connectivity index (χ2v) is 5.57. The summed E-state index contributed by atoms with van der Waals surface area (Å²) in [5, 5.41) is 5.03. The van der Waals surface area contributed by atoms with Crippen molar-refractivity contribution in [1.82, 2.24) is 0 Å². The van der Waals surface area contributed by atoms with Crippen LogP contribution in [0.1, 0.15) is 29.3 Å². The molecule has 0 bridgehead atoms. The average Bonchev–Trinajstić information content (AvgIpc) is 2.62. The molecule has 0 aliphatic heterocycles. The van der Waals surface area contributed by atoms with Crippen LogP contribution in [0.4, 0.5) is 24.5 Å². The Balaban J connectivity index is 2.12. The molecule has 0 heterocycles. The number of hydrogen-bond donors (Lipinski definition) is 2. The van der Waals surface area contributed by atoms with Gasteiger partial charge in [0.05, 0.1) is 29.8 Å². The fourth-order valence-corrected chi connectivity index (χ4v) is 2.28. The summed E-state index contributed by atoms with van der Waals surface area (Å²) >= 11 is 0. The van der Waals surface area contributed by atoms with Crippen molar-refractivity contribution in [3.05, 3.63) is 59.7 Å². The third-order valence-corrected chi connectivity index (χ3v) is 3.57. The second-order valence-electron chi connectivity index (χ2n) is 5.57. The number of para-hydroxylation sites is 1. The SMILES string of the molecule is CCOCCC(=O)Nc1ccccc1C(=O)Nc1cccc(C(F)(F)F)c1. The van der Waals surface area contributed by atoms with Crippen LogP contribution in [-0.4, -0.2) is 25.0 Å². The highest BCUT2D eigenvalue weighted by molar-refractivity contribution is 6.10. The van der Waals surface area contributed by atoms with Crippen LogP contribution in [0.2, 0.25) is 0 Å². The van der Waals surface area contributed by atoms with Gasteiger partial charge in [0.15, 0.2) is 0 Å². The molecule has 0 fully saturated rings. The predicted octanol–water partition coefficient (Wildman–Crippen LogP) is 4.32. The van der Waals surface area contributed by atoms with Crippen LogP contribution in [0.25, 0.3) is 0 Å². The number of ether oxygens (including phenoxy) is 1. The molecule has 0 aliphatic carbocycles. The van der Waals surface area contributed by atoms with E-state index in [1.54, 1.807) is 18.2 Å². The van der Waals surface area contributed by atoms with Gasteiger partial charge in [0.25, 0.3) is 5.91 Å². The standard InChI is InChI=1S/C19H19F3N2O3/c1-2-27-11-10-17(25)24-16-9-4-3-8-15(16)18(26)23-14-7-5-6-13(12-14)19(20,21)22/h3-9,12H,2,10-11H2,1H3,(H,23,26)(H,24,25). The summed E-state index contributed by atoms with van der Waals surface area (Å²) in [6, 6.07) is 10.6. The van der Waals surface area contributed by atoms with Gasteiger partial charge in [0, 0.05) is 12.3 Å². The van der Waals surface area contributed by atoms with Crippen molar-refractivity contribution in [2.75, 3.05) is 23.8 Å². The minimum absolute atomic E-state index is 0.00676. The van der Waals surface area contributed by atoms with Crippen molar-refractivity contribution in [2.45, 2.75) is 19.5 Å². The Morgan fingerprint density at radius 2 is 1.78 bits per heavy atom. The number of nitrogens with one attached hydrogen (secondary N) is 2. The zero-order chi connectivity index (χ0) is 19.9. The molecule has 2 aromatic rings. The lowest BCUT2D eigenvalue weighted by atomic mass is 10.1. The van der Waals surface area contributed by atoms with Crippen LogP contribution in [0.15, 0.2) is 48.5 Å². The Labute approximate surface area is 154 Å². The van der Waals surface area contributed by atoms with Crippen LogP contribution < -0.4 is 10.6 Å². The lowest BCUT2D eigenvalue weighted by Crippen LogP contribution is -2.19. The molecule has 0 saturated heterocycles. The summed E-state index contributed by atoms with van der Waals surface area (Å²) in [6.07, 6.45) is -4.38. The van der Waals surface area contributed by atoms with Gasteiger partial charge in [0.2, 0.25) is 5.91 Å². The van der Waals surface area contributed by atoms with Crippen molar-refractivity contribution in [2.24, 2.45) is 0 Å². The number of amides is 2. The first-order valence-electron chi connectivity index (χ1n) is 8.26. The molecule has 0 radical (unpaired) electrons. The van der Waals surface area contributed by atoms with Gasteiger partial charge in [-0.3, -0.25) is 9.59 Å². The van der Waals surface area contributed by atoms with Gasteiger partial charge in [-0.2, -0.15) is 13.2 Å². The van der Waals surface area contributed by atoms with E-state index < -0.39 is 17.6 Å². The summed E-state index contributed by atoms with van der Waals surface area (Å²) in [5.74, 6) is -0.960. The first-order valence-corrected chi connectivity index (χ1v) is 8.26. The zero-order valence-corrected chi connectivity index (χ0v) is 14.6. The monoisotopic (exact) mass is 380 g/mol. The van der Waals surface area contributed by atoms with Crippen LogP contribution in [0.3, 0.4) is 0 Å². The lowest BCUT2D eigenvalue weighted by molar-refractivity contribution is -0.137. The lowest BCUT2D eigenvalue weighted by Gasteiger charge is -2.13. The van der Waals surface area contributed by atoms with E-state index in [0.717, 1.165) is 12.1 Å². The van der Waals surface area contributed by atoms with Gasteiger partial charge in [-0.15, -0.1) is 0 Å². The van der Waals surface area contributed by atoms with E-state index in [9.17, 15) is 22.8 Å². The maximum absolute atomic E-state index is 12.8. The molecule has 2 aromatic carbocycles. The number of hydrogen-bond acceptors (Lipinski definition) is 3. The predicted molar refractivity (Wildman–Crippen MR) is 95.6 cm³/mol. The van der Waals surface area contributed by atoms with E-state index in [4.69, 9.17) is 4.74 Å². The second kappa shape index (κ2) is 9.18. The fourth-order valence-electron chi connectivity index (χ4n) is 2.28. The van der Waals surface area contributed by atoms with Crippen LogP contribution in [-0.2, 0) is 15.7 Å². The normalized spacial score (nSPS) is 11.1. The Kier molecular flexibility index (Phi) is 6.95. The summed E-state index contributed by atoms with van der Waals surface area (Å²) in [4.78, 5) is 24.4. The summed E-state index contributed by atoms with van der Waals surface area (Å²) in [5.41, 5.74) is -0.451. The highest BCUT2D eigenvalue weighted by Crippen LogP contribution is 2.30. The number of rotatable bonds is 7. The van der Waals surface area contributed by atoms with Crippen LogP contribution >= 0.6 is 0 Å². The molecular weight excluding hydrogens is 361 g/mol. The molecule has 5 nitrogen and oxygen atoms in total. The van der Waals surface area contributed by atoms with Gasteiger partial charge in [-0.25, -0.2) is 0 Å². The molecule has 27 heavy (non-hydrogen) atoms. The molecule has 2 amide bonds. The molecule has 0 spiro atoms. The molecule has 2 rings (SSSR count). The summed E-state index contributed by atoms with van der Waals surface area (Å²) < 4.78 is 43.5. The average molecular weight is 380 g/mol. The third-order valence-electron chi connectivity index (χ3n) is 3.57. The van der Waals surface area contributed by atoms with E-state index in [0.29, 0.717) is 6.61 Å². The smallest absolute Gasteiger partial charge is 0.381 e. The number of carbonyl (C=O) groups excluding carboxylic acids is 2. The van der Waals surface area contributed by atoms with Crippen molar-refractivity contribution < 1.29 is 27.5 Å². The summed E-state index contributed by atoms with van der Waals surface area (Å²) in [6.45, 7) is 2.55. The minimum atomic E-state index is -4.51. The number of anilines is 2. The van der Waals surface area contributed by atoms with E-state index in [2.05, 4.69) is 10.6 Å². The molecule has 0 aromatic heterocycles. The molecule has 0 unspecified atom stereocenters. The molecule has 8 heteroatoms. The van der Waals surface area contributed by atoms with E-state index in [1.807, 2.05) is 6.92 Å². The van der Waals surface area contributed by atoms with Gasteiger partial charge < -0.3 is 15.4 Å². The van der Waals surface area contributed by atoms with Gasteiger partial charge in [0.1, 0.15) is 0 Å². The maximum atomic E-state index is 12.8. The largest absolute Gasteiger partial charge is 0.416 e. The van der Waals surface area contributed by atoms with Crippen molar-refractivity contribution in [3.8, 4) is 0 Å². The van der Waals surface area contributed by atoms with E-state index in [1.165, 1.54) is 18.2 Å². The van der Waals surface area contributed by atoms with E-state index >= 15 is 0 Å².